The standard InChI is InChI=1S/C24H22FN3O/c1-2-14-6-3-4-9-16(14)21-18(25)11-10-17-23(26)22-19(27-24(17)21)12-28(20(22)13-29)15-7-5-8-15/h2-4,6,9-11,13,15,20H,1,5,7-8,12H2,(H2,26,27). The van der Waals surface area contributed by atoms with Gasteiger partial charge in [-0.3, -0.25) is 9.88 Å². The lowest BCUT2D eigenvalue weighted by Crippen LogP contribution is -2.39. The van der Waals surface area contributed by atoms with Gasteiger partial charge in [0.15, 0.2) is 0 Å². The number of aldehydes is 1. The molecule has 1 aliphatic heterocycles. The number of halogens is 1. The minimum absolute atomic E-state index is 0.348. The molecule has 2 aliphatic rings. The highest BCUT2D eigenvalue weighted by Crippen LogP contribution is 2.45. The number of carbonyl (C=O) groups is 1. The average Bonchev–Trinajstić information content (AvgIpc) is 3.04. The summed E-state index contributed by atoms with van der Waals surface area (Å²) in [7, 11) is 0. The number of hydrogen-bond acceptors (Lipinski definition) is 4. The van der Waals surface area contributed by atoms with E-state index in [2.05, 4.69) is 11.5 Å². The third kappa shape index (κ3) is 2.61. The molecule has 1 aliphatic carbocycles. The van der Waals surface area contributed by atoms with Crippen LogP contribution in [0, 0.1) is 5.82 Å². The van der Waals surface area contributed by atoms with E-state index in [9.17, 15) is 4.79 Å². The quantitative estimate of drug-likeness (QED) is 0.649. The molecule has 3 aromatic rings. The van der Waals surface area contributed by atoms with Gasteiger partial charge in [-0.25, -0.2) is 4.39 Å². The van der Waals surface area contributed by atoms with Crippen molar-refractivity contribution in [3.8, 4) is 11.1 Å². The van der Waals surface area contributed by atoms with Crippen molar-refractivity contribution in [3.63, 3.8) is 0 Å². The Labute approximate surface area is 168 Å². The van der Waals surface area contributed by atoms with Crippen LogP contribution < -0.4 is 5.73 Å². The van der Waals surface area contributed by atoms with E-state index in [1.807, 2.05) is 24.3 Å². The van der Waals surface area contributed by atoms with Crippen LogP contribution in [0.5, 0.6) is 0 Å². The molecule has 0 bridgehead atoms. The van der Waals surface area contributed by atoms with Crippen LogP contribution in [0.3, 0.4) is 0 Å². The van der Waals surface area contributed by atoms with Gasteiger partial charge in [0.05, 0.1) is 17.3 Å². The number of fused-ring (bicyclic) bond motifs is 2. The number of aromatic nitrogens is 1. The number of benzene rings is 2. The molecule has 0 saturated heterocycles. The van der Waals surface area contributed by atoms with Crippen LogP contribution in [0.4, 0.5) is 10.1 Å². The van der Waals surface area contributed by atoms with Crippen LogP contribution in [0.25, 0.3) is 28.1 Å². The second kappa shape index (κ2) is 6.78. The van der Waals surface area contributed by atoms with E-state index < -0.39 is 0 Å². The Morgan fingerprint density at radius 3 is 2.69 bits per heavy atom. The molecule has 0 spiro atoms. The number of nitrogens with two attached hydrogens (primary N) is 1. The van der Waals surface area contributed by atoms with Crippen molar-refractivity contribution < 1.29 is 9.18 Å². The van der Waals surface area contributed by atoms with Gasteiger partial charge in [0.1, 0.15) is 12.1 Å². The molecule has 0 amide bonds. The number of pyridine rings is 1. The van der Waals surface area contributed by atoms with Crippen LogP contribution in [0.15, 0.2) is 43.0 Å². The van der Waals surface area contributed by atoms with E-state index in [1.54, 1.807) is 12.1 Å². The Balaban J connectivity index is 1.77. The summed E-state index contributed by atoms with van der Waals surface area (Å²) >= 11 is 0. The van der Waals surface area contributed by atoms with E-state index in [0.717, 1.165) is 41.5 Å². The first-order chi connectivity index (χ1) is 14.1. The van der Waals surface area contributed by atoms with Gasteiger partial charge < -0.3 is 10.5 Å². The van der Waals surface area contributed by atoms with Crippen LogP contribution in [-0.4, -0.2) is 22.2 Å². The highest BCUT2D eigenvalue weighted by molar-refractivity contribution is 6.03. The molecular weight excluding hydrogens is 365 g/mol. The fourth-order valence-electron chi connectivity index (χ4n) is 4.66. The molecule has 1 saturated carbocycles. The highest BCUT2D eigenvalue weighted by Gasteiger charge is 2.40. The van der Waals surface area contributed by atoms with E-state index >= 15 is 4.39 Å². The Bertz CT molecular complexity index is 1150. The fourth-order valence-corrected chi connectivity index (χ4v) is 4.66. The summed E-state index contributed by atoms with van der Waals surface area (Å²) < 4.78 is 15.0. The monoisotopic (exact) mass is 387 g/mol. The molecule has 2 aromatic carbocycles. The maximum absolute atomic E-state index is 15.0. The molecule has 1 aromatic heterocycles. The normalized spacial score (nSPS) is 19.1. The summed E-state index contributed by atoms with van der Waals surface area (Å²) in [6.07, 6.45) is 6.03. The van der Waals surface area contributed by atoms with Gasteiger partial charge in [-0.15, -0.1) is 0 Å². The number of nitrogen functional groups attached to an aromatic ring is 1. The van der Waals surface area contributed by atoms with Crippen LogP contribution in [0.2, 0.25) is 0 Å². The summed E-state index contributed by atoms with van der Waals surface area (Å²) in [4.78, 5) is 19.0. The number of anilines is 1. The third-order valence-corrected chi connectivity index (χ3v) is 6.37. The zero-order chi connectivity index (χ0) is 20.1. The first-order valence-corrected chi connectivity index (χ1v) is 9.97. The van der Waals surface area contributed by atoms with Crippen molar-refractivity contribution in [2.24, 2.45) is 0 Å². The minimum atomic E-state index is -0.374. The Morgan fingerprint density at radius 2 is 2.00 bits per heavy atom. The van der Waals surface area contributed by atoms with Gasteiger partial charge in [0.25, 0.3) is 0 Å². The average molecular weight is 387 g/mol. The third-order valence-electron chi connectivity index (χ3n) is 6.37. The molecule has 1 atom stereocenters. The van der Waals surface area contributed by atoms with Crippen molar-refractivity contribution in [3.05, 3.63) is 65.6 Å². The lowest BCUT2D eigenvalue weighted by molar-refractivity contribution is -0.113. The number of carbonyl (C=O) groups excluding carboxylic acids is 1. The zero-order valence-electron chi connectivity index (χ0n) is 16.1. The second-order valence-corrected chi connectivity index (χ2v) is 7.83. The van der Waals surface area contributed by atoms with Crippen LogP contribution >= 0.6 is 0 Å². The predicted octanol–water partition coefficient (Wildman–Crippen LogP) is 4.87. The smallest absolute Gasteiger partial charge is 0.141 e. The fraction of sp³-hybridized carbons (Fsp3) is 0.250. The van der Waals surface area contributed by atoms with Crippen molar-refractivity contribution >= 4 is 29.0 Å². The number of nitrogens with zero attached hydrogens (tertiary/aromatic N) is 2. The van der Waals surface area contributed by atoms with Crippen LogP contribution in [-0.2, 0) is 11.3 Å². The molecule has 5 rings (SSSR count). The SMILES string of the molecule is C=Cc1ccccc1-c1c(F)ccc2c(N)c3c(nc12)CN(C1CCC1)C3C=O. The van der Waals surface area contributed by atoms with Gasteiger partial charge in [0.2, 0.25) is 0 Å². The van der Waals surface area contributed by atoms with Crippen molar-refractivity contribution in [2.45, 2.75) is 37.9 Å². The van der Waals surface area contributed by atoms with Gasteiger partial charge in [-0.1, -0.05) is 43.3 Å². The van der Waals surface area contributed by atoms with E-state index in [1.165, 1.54) is 12.5 Å². The Morgan fingerprint density at radius 1 is 1.21 bits per heavy atom. The summed E-state index contributed by atoms with van der Waals surface area (Å²) in [6, 6.07) is 10.7. The molecule has 5 heteroatoms. The molecule has 1 unspecified atom stereocenters. The summed E-state index contributed by atoms with van der Waals surface area (Å²) in [5.41, 5.74) is 11.2. The van der Waals surface area contributed by atoms with Gasteiger partial charge >= 0.3 is 0 Å². The van der Waals surface area contributed by atoms with E-state index in [4.69, 9.17) is 10.7 Å². The Kier molecular flexibility index (Phi) is 4.21. The highest BCUT2D eigenvalue weighted by atomic mass is 19.1. The molecule has 29 heavy (non-hydrogen) atoms. The molecule has 2 heterocycles. The van der Waals surface area contributed by atoms with E-state index in [0.29, 0.717) is 34.7 Å². The summed E-state index contributed by atoms with van der Waals surface area (Å²) in [6.45, 7) is 4.43. The topological polar surface area (TPSA) is 59.2 Å². The largest absolute Gasteiger partial charge is 0.398 e. The molecular formula is C24H22FN3O. The molecule has 0 radical (unpaired) electrons. The predicted molar refractivity (Wildman–Crippen MR) is 114 cm³/mol. The molecule has 1 fully saturated rings. The van der Waals surface area contributed by atoms with Crippen molar-refractivity contribution in [1.82, 2.24) is 9.88 Å². The first-order valence-electron chi connectivity index (χ1n) is 9.97. The lowest BCUT2D eigenvalue weighted by atomic mass is 9.90. The second-order valence-electron chi connectivity index (χ2n) is 7.83. The maximum atomic E-state index is 15.0. The van der Waals surface area contributed by atoms with E-state index in [-0.39, 0.29) is 11.9 Å². The zero-order valence-corrected chi connectivity index (χ0v) is 16.1. The molecule has 2 N–H and O–H groups in total. The Hall–Kier alpha value is -3.05. The maximum Gasteiger partial charge on any atom is 0.141 e. The lowest BCUT2D eigenvalue weighted by Gasteiger charge is -2.36. The number of rotatable bonds is 4. The number of hydrogen-bond donors (Lipinski definition) is 1. The summed E-state index contributed by atoms with van der Waals surface area (Å²) in [5, 5.41) is 0.682. The van der Waals surface area contributed by atoms with Crippen molar-refractivity contribution in [1.29, 1.82) is 0 Å². The van der Waals surface area contributed by atoms with Gasteiger partial charge in [-0.05, 0) is 36.1 Å². The first kappa shape index (κ1) is 18.0. The van der Waals surface area contributed by atoms with Crippen molar-refractivity contribution in [2.75, 3.05) is 5.73 Å². The molecule has 4 nitrogen and oxygen atoms in total. The van der Waals surface area contributed by atoms with Gasteiger partial charge in [-0.2, -0.15) is 0 Å². The van der Waals surface area contributed by atoms with Crippen LogP contribution in [0.1, 0.15) is 42.1 Å². The van der Waals surface area contributed by atoms with Gasteiger partial charge in [0, 0.05) is 34.8 Å². The molecule has 146 valence electrons. The minimum Gasteiger partial charge on any atom is -0.398 e. The summed E-state index contributed by atoms with van der Waals surface area (Å²) in [5.74, 6) is -0.348.